The number of anilines is 2. The van der Waals surface area contributed by atoms with Crippen molar-refractivity contribution in [2.75, 3.05) is 16.8 Å². The molecule has 1 aliphatic heterocycles. The van der Waals surface area contributed by atoms with E-state index in [9.17, 15) is 9.59 Å². The summed E-state index contributed by atoms with van der Waals surface area (Å²) in [5.74, 6) is -0.286. The molecule has 0 aromatic heterocycles. The molecule has 118 valence electrons. The monoisotopic (exact) mass is 392 g/mol. The topological polar surface area (TPSA) is 49.4 Å². The molecule has 0 fully saturated rings. The summed E-state index contributed by atoms with van der Waals surface area (Å²) in [6.45, 7) is 2.22. The maximum atomic E-state index is 12.4. The number of benzene rings is 2. The van der Waals surface area contributed by atoms with Crippen LogP contribution in [0, 0.1) is 0 Å². The fourth-order valence-corrected chi connectivity index (χ4v) is 3.22. The van der Waals surface area contributed by atoms with Crippen LogP contribution in [0.1, 0.15) is 22.8 Å². The van der Waals surface area contributed by atoms with E-state index in [1.165, 1.54) is 0 Å². The highest BCUT2D eigenvalue weighted by Crippen LogP contribution is 2.31. The molecule has 2 aromatic carbocycles. The summed E-state index contributed by atoms with van der Waals surface area (Å²) < 4.78 is 0.781. The third-order valence-electron chi connectivity index (χ3n) is 3.79. The molecule has 0 radical (unpaired) electrons. The number of nitrogens with zero attached hydrogens (tertiary/aromatic N) is 1. The molecule has 4 nitrogen and oxygen atoms in total. The lowest BCUT2D eigenvalue weighted by Crippen LogP contribution is -2.25. The fourth-order valence-electron chi connectivity index (χ4n) is 2.65. The van der Waals surface area contributed by atoms with Gasteiger partial charge in [0, 0.05) is 29.3 Å². The van der Waals surface area contributed by atoms with E-state index in [4.69, 9.17) is 11.6 Å². The molecule has 0 bridgehead atoms. The fraction of sp³-hybridized carbons (Fsp3) is 0.176. The molecule has 1 N–H and O–H groups in total. The molecule has 2 amide bonds. The van der Waals surface area contributed by atoms with E-state index in [1.807, 2.05) is 18.2 Å². The van der Waals surface area contributed by atoms with E-state index < -0.39 is 0 Å². The van der Waals surface area contributed by atoms with Crippen molar-refractivity contribution in [2.45, 2.75) is 13.3 Å². The van der Waals surface area contributed by atoms with Crippen molar-refractivity contribution in [3.05, 3.63) is 57.0 Å². The number of carbonyl (C=O) groups excluding carboxylic acids is 2. The zero-order valence-electron chi connectivity index (χ0n) is 12.4. The van der Waals surface area contributed by atoms with E-state index in [0.29, 0.717) is 22.8 Å². The number of hydrogen-bond donors (Lipinski definition) is 1. The summed E-state index contributed by atoms with van der Waals surface area (Å²) in [7, 11) is 0. The van der Waals surface area contributed by atoms with Gasteiger partial charge in [0.2, 0.25) is 5.91 Å². The van der Waals surface area contributed by atoms with Crippen LogP contribution in [0.5, 0.6) is 0 Å². The molecule has 0 unspecified atom stereocenters. The van der Waals surface area contributed by atoms with Gasteiger partial charge in [-0.1, -0.05) is 33.6 Å². The predicted octanol–water partition coefficient (Wildman–Crippen LogP) is 4.26. The molecule has 0 aliphatic carbocycles. The number of amides is 2. The third kappa shape index (κ3) is 3.26. The Balaban J connectivity index is 1.86. The molecule has 0 saturated carbocycles. The molecular formula is C17H14BrClN2O2. The maximum Gasteiger partial charge on any atom is 0.257 e. The minimum atomic E-state index is -0.288. The van der Waals surface area contributed by atoms with Gasteiger partial charge in [0.25, 0.3) is 5.91 Å². The van der Waals surface area contributed by atoms with E-state index in [2.05, 4.69) is 21.2 Å². The van der Waals surface area contributed by atoms with Gasteiger partial charge in [0.1, 0.15) is 0 Å². The Labute approximate surface area is 147 Å². The quantitative estimate of drug-likeness (QED) is 0.828. The van der Waals surface area contributed by atoms with Crippen molar-refractivity contribution in [2.24, 2.45) is 0 Å². The van der Waals surface area contributed by atoms with Crippen LogP contribution in [0.4, 0.5) is 11.4 Å². The molecular weight excluding hydrogens is 380 g/mol. The summed E-state index contributed by atoms with van der Waals surface area (Å²) in [6.07, 6.45) is 0.834. The van der Waals surface area contributed by atoms with Gasteiger partial charge in [-0.2, -0.15) is 0 Å². The Kier molecular flexibility index (Phi) is 4.41. The van der Waals surface area contributed by atoms with Crippen molar-refractivity contribution < 1.29 is 9.59 Å². The van der Waals surface area contributed by atoms with Gasteiger partial charge in [-0.25, -0.2) is 0 Å². The van der Waals surface area contributed by atoms with Crippen LogP contribution in [-0.4, -0.2) is 18.4 Å². The van der Waals surface area contributed by atoms with Crippen LogP contribution in [0.25, 0.3) is 0 Å². The zero-order chi connectivity index (χ0) is 16.6. The molecule has 6 heteroatoms. The smallest absolute Gasteiger partial charge is 0.257 e. The van der Waals surface area contributed by atoms with Gasteiger partial charge in [-0.3, -0.25) is 9.59 Å². The van der Waals surface area contributed by atoms with Crippen molar-refractivity contribution in [1.82, 2.24) is 0 Å². The number of fused-ring (bicyclic) bond motifs is 1. The average molecular weight is 394 g/mol. The van der Waals surface area contributed by atoms with Gasteiger partial charge in [0.15, 0.2) is 0 Å². The summed E-state index contributed by atoms with van der Waals surface area (Å²) in [6, 6.07) is 10.7. The second-order valence-electron chi connectivity index (χ2n) is 5.34. The van der Waals surface area contributed by atoms with Crippen LogP contribution >= 0.6 is 27.5 Å². The van der Waals surface area contributed by atoms with Crippen LogP contribution in [0.15, 0.2) is 40.9 Å². The SMILES string of the molecule is CC(=O)N1CCc2ccc(NC(=O)c3cc(Br)ccc3Cl)cc21. The van der Waals surface area contributed by atoms with Gasteiger partial charge >= 0.3 is 0 Å². The van der Waals surface area contributed by atoms with E-state index in [0.717, 1.165) is 22.1 Å². The number of carbonyl (C=O) groups is 2. The number of nitrogens with one attached hydrogen (secondary N) is 1. The average Bonchev–Trinajstić information content (AvgIpc) is 2.93. The highest BCUT2D eigenvalue weighted by molar-refractivity contribution is 9.10. The van der Waals surface area contributed by atoms with Crippen LogP contribution in [-0.2, 0) is 11.2 Å². The number of halogens is 2. The van der Waals surface area contributed by atoms with Crippen molar-refractivity contribution in [3.63, 3.8) is 0 Å². The minimum Gasteiger partial charge on any atom is -0.322 e. The molecule has 0 spiro atoms. The molecule has 0 atom stereocenters. The third-order valence-corrected chi connectivity index (χ3v) is 4.61. The summed E-state index contributed by atoms with van der Waals surface area (Å²) in [5, 5.41) is 3.22. The first kappa shape index (κ1) is 16.0. The number of rotatable bonds is 2. The minimum absolute atomic E-state index is 0.00209. The van der Waals surface area contributed by atoms with Gasteiger partial charge < -0.3 is 10.2 Å². The Morgan fingerprint density at radius 1 is 1.22 bits per heavy atom. The highest BCUT2D eigenvalue weighted by Gasteiger charge is 2.22. The Hall–Kier alpha value is -1.85. The Bertz CT molecular complexity index is 807. The highest BCUT2D eigenvalue weighted by atomic mass is 79.9. The van der Waals surface area contributed by atoms with Gasteiger partial charge in [-0.15, -0.1) is 0 Å². The van der Waals surface area contributed by atoms with E-state index >= 15 is 0 Å². The van der Waals surface area contributed by atoms with E-state index in [-0.39, 0.29) is 11.8 Å². The van der Waals surface area contributed by atoms with Crippen molar-refractivity contribution >= 4 is 50.7 Å². The zero-order valence-corrected chi connectivity index (χ0v) is 14.7. The summed E-state index contributed by atoms with van der Waals surface area (Å²) >= 11 is 9.41. The van der Waals surface area contributed by atoms with Crippen LogP contribution in [0.2, 0.25) is 5.02 Å². The second-order valence-corrected chi connectivity index (χ2v) is 6.67. The normalized spacial score (nSPS) is 12.9. The first-order valence-electron chi connectivity index (χ1n) is 7.13. The van der Waals surface area contributed by atoms with Crippen molar-refractivity contribution in [1.29, 1.82) is 0 Å². The lowest BCUT2D eigenvalue weighted by Gasteiger charge is -2.16. The van der Waals surface area contributed by atoms with Crippen LogP contribution in [0.3, 0.4) is 0 Å². The molecule has 1 heterocycles. The largest absolute Gasteiger partial charge is 0.322 e. The molecule has 1 aliphatic rings. The molecule has 2 aromatic rings. The second kappa shape index (κ2) is 6.34. The van der Waals surface area contributed by atoms with Gasteiger partial charge in [-0.05, 0) is 42.3 Å². The Morgan fingerprint density at radius 3 is 2.74 bits per heavy atom. The summed E-state index contributed by atoms with van der Waals surface area (Å²) in [4.78, 5) is 25.8. The Morgan fingerprint density at radius 2 is 2.00 bits per heavy atom. The molecule has 3 rings (SSSR count). The first-order chi connectivity index (χ1) is 11.0. The summed E-state index contributed by atoms with van der Waals surface area (Å²) in [5.41, 5.74) is 3.00. The predicted molar refractivity (Wildman–Crippen MR) is 95.3 cm³/mol. The molecule has 0 saturated heterocycles. The van der Waals surface area contributed by atoms with E-state index in [1.54, 1.807) is 30.0 Å². The molecule has 23 heavy (non-hydrogen) atoms. The lowest BCUT2D eigenvalue weighted by molar-refractivity contribution is -0.116. The lowest BCUT2D eigenvalue weighted by atomic mass is 10.1. The van der Waals surface area contributed by atoms with Crippen LogP contribution < -0.4 is 10.2 Å². The standard InChI is InChI=1S/C17H14BrClN2O2/c1-10(22)21-7-6-11-2-4-13(9-16(11)21)20-17(23)14-8-12(18)3-5-15(14)19/h2-5,8-9H,6-7H2,1H3,(H,20,23). The number of hydrogen-bond acceptors (Lipinski definition) is 2. The maximum absolute atomic E-state index is 12.4. The van der Waals surface area contributed by atoms with Gasteiger partial charge in [0.05, 0.1) is 10.6 Å². The first-order valence-corrected chi connectivity index (χ1v) is 8.30. The van der Waals surface area contributed by atoms with Crippen molar-refractivity contribution in [3.8, 4) is 0 Å².